The summed E-state index contributed by atoms with van der Waals surface area (Å²) in [6, 6.07) is 9.73. The summed E-state index contributed by atoms with van der Waals surface area (Å²) in [6.07, 6.45) is 12.6. The van der Waals surface area contributed by atoms with E-state index < -0.39 is 0 Å². The Bertz CT molecular complexity index is 1540. The molecule has 0 fully saturated rings. The van der Waals surface area contributed by atoms with E-state index in [1.54, 1.807) is 30.4 Å². The molecule has 2 aromatic heterocycles. The van der Waals surface area contributed by atoms with Crippen LogP contribution in [0, 0.1) is 25.2 Å². The van der Waals surface area contributed by atoms with Gasteiger partial charge in [-0.3, -0.25) is 14.6 Å². The molecule has 0 aliphatic heterocycles. The Balaban J connectivity index is 0.000000420. The summed E-state index contributed by atoms with van der Waals surface area (Å²) in [6.45, 7) is 5.71. The Labute approximate surface area is 277 Å². The number of pyridine rings is 2. The molecule has 2 amide bonds. The van der Waals surface area contributed by atoms with Crippen molar-refractivity contribution in [2.45, 2.75) is 39.5 Å². The first-order chi connectivity index (χ1) is 22.7. The van der Waals surface area contributed by atoms with Crippen molar-refractivity contribution in [1.29, 1.82) is 5.41 Å². The van der Waals surface area contributed by atoms with Gasteiger partial charge < -0.3 is 35.8 Å². The van der Waals surface area contributed by atoms with Crippen LogP contribution in [0.4, 0.5) is 11.5 Å². The van der Waals surface area contributed by atoms with E-state index in [1.807, 2.05) is 58.3 Å². The molecule has 11 nitrogen and oxygen atoms in total. The maximum atomic E-state index is 12.4. The number of unbranched alkanes of at least 4 members (excludes halogenated alkanes) is 1. The number of nitrogens with zero attached hydrogens (tertiary/aromatic N) is 3. The number of carbonyl (C=O) groups is 3. The third-order valence-corrected chi connectivity index (χ3v) is 7.81. The Kier molecular flexibility index (Phi) is 14.7. The number of nitrogens with one attached hydrogen (secondary N) is 4. The largest absolute Gasteiger partial charge is 0.387 e. The molecule has 0 spiro atoms. The number of carbonyl (C=O) groups excluding carboxylic acids is 3. The number of fused-ring (bicyclic) bond motifs is 1. The van der Waals surface area contributed by atoms with Crippen molar-refractivity contribution in [2.75, 3.05) is 58.1 Å². The van der Waals surface area contributed by atoms with Crippen molar-refractivity contribution in [1.82, 2.24) is 20.2 Å². The van der Waals surface area contributed by atoms with Crippen LogP contribution >= 0.6 is 0 Å². The second kappa shape index (κ2) is 18.9. The van der Waals surface area contributed by atoms with Crippen LogP contribution < -0.4 is 16.0 Å². The number of aldehydes is 1. The zero-order valence-electron chi connectivity index (χ0n) is 28.1. The highest BCUT2D eigenvalue weighted by Gasteiger charge is 2.23. The maximum absolute atomic E-state index is 12.4. The van der Waals surface area contributed by atoms with E-state index in [9.17, 15) is 14.4 Å². The fraction of sp³-hybridized carbons (Fsp3) is 0.389. The molecule has 1 aliphatic carbocycles. The van der Waals surface area contributed by atoms with Gasteiger partial charge in [-0.1, -0.05) is 23.8 Å². The fourth-order valence-electron chi connectivity index (χ4n) is 5.26. The normalized spacial score (nSPS) is 13.3. The van der Waals surface area contributed by atoms with Crippen LogP contribution in [-0.4, -0.2) is 86.6 Å². The van der Waals surface area contributed by atoms with Crippen LogP contribution in [0.15, 0.2) is 48.8 Å². The van der Waals surface area contributed by atoms with E-state index in [4.69, 9.17) is 10.1 Å². The van der Waals surface area contributed by atoms with Crippen LogP contribution in [-0.2, 0) is 27.2 Å². The monoisotopic (exact) mass is 641 g/mol. The molecule has 1 atom stereocenters. The Morgan fingerprint density at radius 3 is 2.51 bits per heavy atom. The minimum atomic E-state index is -0.390. The maximum Gasteiger partial charge on any atom is 0.270 e. The van der Waals surface area contributed by atoms with Crippen molar-refractivity contribution in [3.8, 4) is 0 Å². The van der Waals surface area contributed by atoms with E-state index in [0.717, 1.165) is 52.9 Å². The quantitative estimate of drug-likeness (QED) is 0.108. The number of aryl methyl sites for hydroxylation is 2. The number of ether oxygens (including phenoxy) is 1. The van der Waals surface area contributed by atoms with Gasteiger partial charge in [-0.25, -0.2) is 4.98 Å². The Morgan fingerprint density at radius 2 is 1.83 bits per heavy atom. The molecule has 1 aromatic carbocycles. The van der Waals surface area contributed by atoms with Gasteiger partial charge in [0.1, 0.15) is 17.8 Å². The van der Waals surface area contributed by atoms with Crippen molar-refractivity contribution >= 4 is 41.9 Å². The zero-order chi connectivity index (χ0) is 34.2. The number of hydrogen-bond donors (Lipinski definition) is 4. The minimum Gasteiger partial charge on any atom is -0.387 e. The van der Waals surface area contributed by atoms with Crippen molar-refractivity contribution in [2.24, 2.45) is 5.92 Å². The number of hydrogen-bond acceptors (Lipinski definition) is 9. The predicted octanol–water partition coefficient (Wildman–Crippen LogP) is 4.47. The second-order valence-corrected chi connectivity index (χ2v) is 11.5. The van der Waals surface area contributed by atoms with E-state index in [2.05, 4.69) is 32.0 Å². The summed E-state index contributed by atoms with van der Waals surface area (Å²) in [5.74, 6) is 0.234. The number of anilines is 2. The summed E-state index contributed by atoms with van der Waals surface area (Å²) in [5, 5.41) is 15.9. The lowest BCUT2D eigenvalue weighted by atomic mass is 10.0. The zero-order valence-corrected chi connectivity index (χ0v) is 28.1. The van der Waals surface area contributed by atoms with Crippen molar-refractivity contribution in [3.05, 3.63) is 87.9 Å². The molecule has 47 heavy (non-hydrogen) atoms. The fourth-order valence-corrected chi connectivity index (χ4v) is 5.26. The van der Waals surface area contributed by atoms with Gasteiger partial charge in [0, 0.05) is 70.1 Å². The van der Waals surface area contributed by atoms with Crippen LogP contribution in [0.1, 0.15) is 56.7 Å². The highest BCUT2D eigenvalue weighted by Crippen LogP contribution is 2.25. The lowest BCUT2D eigenvalue weighted by Crippen LogP contribution is -2.38. The lowest BCUT2D eigenvalue weighted by molar-refractivity contribution is -0.128. The molecule has 1 unspecified atom stereocenters. The Morgan fingerprint density at radius 1 is 1.04 bits per heavy atom. The molecule has 0 saturated heterocycles. The molecule has 4 N–H and O–H groups in total. The van der Waals surface area contributed by atoms with Crippen LogP contribution in [0.3, 0.4) is 0 Å². The topological polar surface area (TPSA) is 149 Å². The van der Waals surface area contributed by atoms with Crippen molar-refractivity contribution < 1.29 is 19.1 Å². The van der Waals surface area contributed by atoms with Gasteiger partial charge in [0.25, 0.3) is 5.91 Å². The summed E-state index contributed by atoms with van der Waals surface area (Å²) in [5.41, 5.74) is 7.66. The second-order valence-electron chi connectivity index (χ2n) is 11.5. The molecule has 4 rings (SSSR count). The van der Waals surface area contributed by atoms with Gasteiger partial charge in [-0.2, -0.15) is 0 Å². The van der Waals surface area contributed by atoms with Gasteiger partial charge in [0.15, 0.2) is 0 Å². The molecule has 250 valence electrons. The van der Waals surface area contributed by atoms with Gasteiger partial charge in [-0.15, -0.1) is 0 Å². The SMILES string of the molecule is CNc1c(C)cc(C)cc1C=N.CNc1ccc(/C=C/COCCCCN(C)C(=O)CNC(=O)c2cc3c(cn2)CC(C=O)C3)cn1. The minimum absolute atomic E-state index is 0.0406. The summed E-state index contributed by atoms with van der Waals surface area (Å²) in [7, 11) is 5.43. The van der Waals surface area contributed by atoms with Gasteiger partial charge in [-0.05, 0) is 86.1 Å². The number of benzene rings is 1. The summed E-state index contributed by atoms with van der Waals surface area (Å²) in [4.78, 5) is 45.8. The molecule has 1 aliphatic rings. The molecule has 11 heteroatoms. The first-order valence-corrected chi connectivity index (χ1v) is 15.8. The molecule has 3 aromatic rings. The molecule has 0 radical (unpaired) electrons. The number of amides is 2. The average Bonchev–Trinajstić information content (AvgIpc) is 3.51. The first-order valence-electron chi connectivity index (χ1n) is 15.8. The number of likely N-dealkylation sites (N-methyl/N-ethyl adjacent to an activating group) is 1. The van der Waals surface area contributed by atoms with Gasteiger partial charge >= 0.3 is 0 Å². The average molecular weight is 642 g/mol. The Hall–Kier alpha value is -4.90. The van der Waals surface area contributed by atoms with Gasteiger partial charge in [0.2, 0.25) is 5.91 Å². The standard InChI is InChI=1S/C26H33N5O4.C10H14N2/c1-27-24-8-7-19(15-29-24)6-5-11-35-10-4-3-9-31(2)25(33)17-30-26(34)23-14-21-12-20(18-32)13-22(21)16-28-23;1-7-4-8(2)10(12-3)9(5-7)6-11/h5-8,14-16,18,20H,3-4,9-13,17H2,1-2H3,(H,27,29)(H,30,34);4-6,11-12H,1-3H3/b6-5+;. The van der Waals surface area contributed by atoms with E-state index in [-0.39, 0.29) is 30.0 Å². The van der Waals surface area contributed by atoms with Crippen molar-refractivity contribution in [3.63, 3.8) is 0 Å². The van der Waals surface area contributed by atoms with Crippen LogP contribution in [0.25, 0.3) is 6.08 Å². The smallest absolute Gasteiger partial charge is 0.270 e. The summed E-state index contributed by atoms with van der Waals surface area (Å²) < 4.78 is 5.61. The summed E-state index contributed by atoms with van der Waals surface area (Å²) >= 11 is 0. The highest BCUT2D eigenvalue weighted by molar-refractivity contribution is 5.95. The number of aromatic nitrogens is 2. The molecular weight excluding hydrogens is 594 g/mol. The third-order valence-electron chi connectivity index (χ3n) is 7.81. The third kappa shape index (κ3) is 11.4. The molecule has 0 bridgehead atoms. The van der Waals surface area contributed by atoms with Crippen LogP contribution in [0.2, 0.25) is 0 Å². The molecule has 2 heterocycles. The van der Waals surface area contributed by atoms with E-state index >= 15 is 0 Å². The number of rotatable bonds is 15. The van der Waals surface area contributed by atoms with Crippen LogP contribution in [0.5, 0.6) is 0 Å². The lowest BCUT2D eigenvalue weighted by Gasteiger charge is -2.17. The molecule has 0 saturated carbocycles. The van der Waals surface area contributed by atoms with E-state index in [1.165, 1.54) is 17.3 Å². The van der Waals surface area contributed by atoms with E-state index in [0.29, 0.717) is 32.6 Å². The molecular formula is C36H47N7O4. The first kappa shape index (κ1) is 36.6. The highest BCUT2D eigenvalue weighted by atomic mass is 16.5. The predicted molar refractivity (Wildman–Crippen MR) is 187 cm³/mol. The van der Waals surface area contributed by atoms with Gasteiger partial charge in [0.05, 0.1) is 13.2 Å².